The predicted molar refractivity (Wildman–Crippen MR) is 92.1 cm³/mol. The number of rotatable bonds is 7. The minimum absolute atomic E-state index is 0.376. The molecule has 0 aromatic carbocycles. The standard InChI is InChI=1S/C19H32N2O/c1-5-6-10-18-13-21(14-19(22-18)15(2)3)12-11-17-9-7-8-16(4)20-17/h7-9,15,18-19H,5-6,10-14H2,1-4H3/t18-,19-/m1/s1. The molecule has 3 heteroatoms. The van der Waals surface area contributed by atoms with Gasteiger partial charge in [-0.25, -0.2) is 0 Å². The van der Waals surface area contributed by atoms with Gasteiger partial charge in [0.2, 0.25) is 0 Å². The normalized spacial score (nSPS) is 23.1. The molecule has 2 atom stereocenters. The topological polar surface area (TPSA) is 25.4 Å². The van der Waals surface area contributed by atoms with Crippen LogP contribution in [0.4, 0.5) is 0 Å². The number of aryl methyl sites for hydroxylation is 1. The van der Waals surface area contributed by atoms with E-state index in [1.807, 2.05) is 0 Å². The largest absolute Gasteiger partial charge is 0.372 e. The van der Waals surface area contributed by atoms with Crippen LogP contribution in [-0.2, 0) is 11.2 Å². The highest BCUT2D eigenvalue weighted by Crippen LogP contribution is 2.21. The van der Waals surface area contributed by atoms with E-state index < -0.39 is 0 Å². The first kappa shape index (κ1) is 17.4. The maximum absolute atomic E-state index is 6.29. The van der Waals surface area contributed by atoms with Crippen LogP contribution in [0.1, 0.15) is 51.4 Å². The van der Waals surface area contributed by atoms with Gasteiger partial charge in [0.15, 0.2) is 0 Å². The molecule has 1 saturated heterocycles. The van der Waals surface area contributed by atoms with Gasteiger partial charge in [-0.1, -0.05) is 39.7 Å². The van der Waals surface area contributed by atoms with Gasteiger partial charge in [-0.15, -0.1) is 0 Å². The van der Waals surface area contributed by atoms with E-state index in [0.29, 0.717) is 18.1 Å². The predicted octanol–water partition coefficient (Wildman–Crippen LogP) is 3.85. The van der Waals surface area contributed by atoms with Crippen LogP contribution in [0.15, 0.2) is 18.2 Å². The van der Waals surface area contributed by atoms with Crippen molar-refractivity contribution < 1.29 is 4.74 Å². The Balaban J connectivity index is 1.90. The number of aromatic nitrogens is 1. The summed E-state index contributed by atoms with van der Waals surface area (Å²) in [4.78, 5) is 7.20. The van der Waals surface area contributed by atoms with E-state index in [-0.39, 0.29) is 0 Å². The van der Waals surface area contributed by atoms with Crippen LogP contribution in [-0.4, -0.2) is 41.7 Å². The average Bonchev–Trinajstić information content (AvgIpc) is 2.51. The number of pyridine rings is 1. The maximum atomic E-state index is 6.29. The number of nitrogens with zero attached hydrogens (tertiary/aromatic N) is 2. The van der Waals surface area contributed by atoms with E-state index >= 15 is 0 Å². The third-order valence-electron chi connectivity index (χ3n) is 4.52. The molecule has 0 amide bonds. The van der Waals surface area contributed by atoms with E-state index in [9.17, 15) is 0 Å². The molecule has 1 aromatic heterocycles. The second-order valence-electron chi connectivity index (χ2n) is 6.96. The van der Waals surface area contributed by atoms with E-state index in [0.717, 1.165) is 31.7 Å². The van der Waals surface area contributed by atoms with Crippen LogP contribution in [0.25, 0.3) is 0 Å². The van der Waals surface area contributed by atoms with Crippen molar-refractivity contribution in [3.05, 3.63) is 29.6 Å². The van der Waals surface area contributed by atoms with Gasteiger partial charge in [-0.3, -0.25) is 9.88 Å². The third kappa shape index (κ3) is 5.36. The number of ether oxygens (including phenoxy) is 1. The van der Waals surface area contributed by atoms with Crippen LogP contribution in [0.2, 0.25) is 0 Å². The molecule has 0 saturated carbocycles. The summed E-state index contributed by atoms with van der Waals surface area (Å²) in [5.41, 5.74) is 2.32. The zero-order valence-corrected chi connectivity index (χ0v) is 14.7. The van der Waals surface area contributed by atoms with Gasteiger partial charge >= 0.3 is 0 Å². The minimum Gasteiger partial charge on any atom is -0.372 e. The highest BCUT2D eigenvalue weighted by atomic mass is 16.5. The van der Waals surface area contributed by atoms with E-state index in [4.69, 9.17) is 4.74 Å². The Labute approximate surface area is 136 Å². The van der Waals surface area contributed by atoms with Gasteiger partial charge in [0, 0.05) is 37.4 Å². The van der Waals surface area contributed by atoms with Gasteiger partial charge in [0.05, 0.1) is 12.2 Å². The Hall–Kier alpha value is -0.930. The van der Waals surface area contributed by atoms with Crippen LogP contribution in [0.5, 0.6) is 0 Å². The van der Waals surface area contributed by atoms with Crippen molar-refractivity contribution in [1.82, 2.24) is 9.88 Å². The molecule has 0 bridgehead atoms. The Morgan fingerprint density at radius 3 is 2.82 bits per heavy atom. The highest BCUT2D eigenvalue weighted by Gasteiger charge is 2.28. The van der Waals surface area contributed by atoms with E-state index in [2.05, 4.69) is 55.8 Å². The van der Waals surface area contributed by atoms with Crippen LogP contribution >= 0.6 is 0 Å². The first-order valence-electron chi connectivity index (χ1n) is 8.88. The molecule has 1 fully saturated rings. The fourth-order valence-electron chi connectivity index (χ4n) is 3.10. The van der Waals surface area contributed by atoms with Gasteiger partial charge < -0.3 is 4.74 Å². The van der Waals surface area contributed by atoms with Crippen molar-refractivity contribution in [3.8, 4) is 0 Å². The number of unbranched alkanes of at least 4 members (excludes halogenated alkanes) is 1. The van der Waals surface area contributed by atoms with Gasteiger partial charge in [0.1, 0.15) is 0 Å². The molecule has 2 heterocycles. The summed E-state index contributed by atoms with van der Waals surface area (Å²) in [5.74, 6) is 0.587. The molecule has 2 rings (SSSR count). The summed E-state index contributed by atoms with van der Waals surface area (Å²) in [5, 5.41) is 0. The Bertz CT molecular complexity index is 447. The monoisotopic (exact) mass is 304 g/mol. The molecular formula is C19H32N2O. The first-order valence-corrected chi connectivity index (χ1v) is 8.88. The SMILES string of the molecule is CCCC[C@@H]1CN(CCc2cccc(C)n2)C[C@H](C(C)C)O1. The molecule has 1 aliphatic heterocycles. The third-order valence-corrected chi connectivity index (χ3v) is 4.52. The van der Waals surface area contributed by atoms with Crippen molar-refractivity contribution in [2.24, 2.45) is 5.92 Å². The second-order valence-corrected chi connectivity index (χ2v) is 6.96. The molecule has 0 unspecified atom stereocenters. The van der Waals surface area contributed by atoms with Crippen molar-refractivity contribution in [3.63, 3.8) is 0 Å². The molecular weight excluding hydrogens is 272 g/mol. The molecule has 1 aliphatic rings. The van der Waals surface area contributed by atoms with Gasteiger partial charge in [-0.2, -0.15) is 0 Å². The summed E-state index contributed by atoms with van der Waals surface area (Å²) in [6.07, 6.45) is 5.53. The van der Waals surface area contributed by atoms with Crippen molar-refractivity contribution in [2.75, 3.05) is 19.6 Å². The average molecular weight is 304 g/mol. The summed E-state index contributed by atoms with van der Waals surface area (Å²) in [6, 6.07) is 6.31. The highest BCUT2D eigenvalue weighted by molar-refractivity contribution is 5.10. The van der Waals surface area contributed by atoms with Crippen molar-refractivity contribution >= 4 is 0 Å². The molecule has 0 radical (unpaired) electrons. The lowest BCUT2D eigenvalue weighted by Gasteiger charge is -2.40. The maximum Gasteiger partial charge on any atom is 0.0729 e. The second kappa shape index (κ2) is 8.64. The number of hydrogen-bond donors (Lipinski definition) is 0. The Morgan fingerprint density at radius 1 is 1.32 bits per heavy atom. The molecule has 0 spiro atoms. The Morgan fingerprint density at radius 2 is 2.14 bits per heavy atom. The molecule has 0 N–H and O–H groups in total. The number of morpholine rings is 1. The quantitative estimate of drug-likeness (QED) is 0.765. The van der Waals surface area contributed by atoms with Crippen molar-refractivity contribution in [1.29, 1.82) is 0 Å². The molecule has 124 valence electrons. The lowest BCUT2D eigenvalue weighted by atomic mass is 10.0. The van der Waals surface area contributed by atoms with E-state index in [1.54, 1.807) is 0 Å². The lowest BCUT2D eigenvalue weighted by Crippen LogP contribution is -2.49. The smallest absolute Gasteiger partial charge is 0.0729 e. The first-order chi connectivity index (χ1) is 10.6. The van der Waals surface area contributed by atoms with Gasteiger partial charge in [0.25, 0.3) is 0 Å². The summed E-state index contributed by atoms with van der Waals surface area (Å²) in [7, 11) is 0. The van der Waals surface area contributed by atoms with Crippen LogP contribution in [0, 0.1) is 12.8 Å². The summed E-state index contributed by atoms with van der Waals surface area (Å²) < 4.78 is 6.29. The summed E-state index contributed by atoms with van der Waals surface area (Å²) >= 11 is 0. The van der Waals surface area contributed by atoms with Gasteiger partial charge in [-0.05, 0) is 31.4 Å². The fraction of sp³-hybridized carbons (Fsp3) is 0.737. The van der Waals surface area contributed by atoms with E-state index in [1.165, 1.54) is 25.0 Å². The molecule has 0 aliphatic carbocycles. The molecule has 22 heavy (non-hydrogen) atoms. The molecule has 1 aromatic rings. The van der Waals surface area contributed by atoms with Crippen molar-refractivity contribution in [2.45, 2.75) is 65.6 Å². The Kier molecular flexibility index (Phi) is 6.84. The zero-order valence-electron chi connectivity index (χ0n) is 14.7. The molecule has 3 nitrogen and oxygen atoms in total. The van der Waals surface area contributed by atoms with Crippen LogP contribution in [0.3, 0.4) is 0 Å². The summed E-state index contributed by atoms with van der Waals surface area (Å²) in [6.45, 7) is 12.1. The zero-order chi connectivity index (χ0) is 15.9. The lowest BCUT2D eigenvalue weighted by molar-refractivity contribution is -0.106. The minimum atomic E-state index is 0.376. The number of hydrogen-bond acceptors (Lipinski definition) is 3. The fourth-order valence-corrected chi connectivity index (χ4v) is 3.10. The van der Waals surface area contributed by atoms with Crippen LogP contribution < -0.4 is 0 Å².